The number of piperazine rings is 1. The van der Waals surface area contributed by atoms with E-state index in [4.69, 9.17) is 13.9 Å². The zero-order valence-corrected chi connectivity index (χ0v) is 34.9. The van der Waals surface area contributed by atoms with Crippen molar-refractivity contribution in [2.75, 3.05) is 78.5 Å². The Bertz CT molecular complexity index is 1890. The fourth-order valence-corrected chi connectivity index (χ4v) is 10.1. The van der Waals surface area contributed by atoms with Crippen LogP contribution in [-0.4, -0.2) is 115 Å². The van der Waals surface area contributed by atoms with E-state index in [0.717, 1.165) is 59.8 Å². The number of benzene rings is 4. The number of carbonyl (C=O) groups excluding carboxylic acids is 1. The number of anilines is 1. The fraction of sp³-hybridized carbons (Fsp3) is 0.444. The summed E-state index contributed by atoms with van der Waals surface area (Å²) >= 11 is 0. The second-order valence-electron chi connectivity index (χ2n) is 16.1. The second-order valence-corrected chi connectivity index (χ2v) is 18.1. The van der Waals surface area contributed by atoms with Crippen molar-refractivity contribution in [3.63, 3.8) is 0 Å². The Balaban J connectivity index is 1.45. The minimum atomic E-state index is -4.62. The number of alkyl halides is 3. The average molecular weight is 802 g/mol. The summed E-state index contributed by atoms with van der Waals surface area (Å²) in [6.07, 6.45) is -5.23. The van der Waals surface area contributed by atoms with Crippen molar-refractivity contribution in [2.24, 2.45) is 0 Å². The smallest absolute Gasteiger partial charge is 0.398 e. The summed E-state index contributed by atoms with van der Waals surface area (Å²) < 4.78 is 61.4. The van der Waals surface area contributed by atoms with Crippen LogP contribution in [0, 0.1) is 6.92 Å². The first kappa shape index (κ1) is 42.6. The Morgan fingerprint density at radius 2 is 1.53 bits per heavy atom. The normalized spacial score (nSPS) is 19.2. The molecule has 2 saturated heterocycles. The molecule has 1 unspecified atom stereocenters. The minimum Gasteiger partial charge on any atom is -0.398 e. The molecule has 0 saturated carbocycles. The fourth-order valence-electron chi connectivity index (χ4n) is 7.96. The molecule has 1 amide bonds. The maximum absolute atomic E-state index is 14.8. The predicted molar refractivity (Wildman–Crippen MR) is 222 cm³/mol. The maximum atomic E-state index is 14.8. The molecule has 2 heterocycles. The number of amides is 1. The molecule has 8 nitrogen and oxygen atoms in total. The third kappa shape index (κ3) is 10.7. The quantitative estimate of drug-likeness (QED) is 0.157. The molecule has 2 aliphatic rings. The van der Waals surface area contributed by atoms with Gasteiger partial charge in [-0.15, -0.1) is 0 Å². The first-order chi connectivity index (χ1) is 27.2. The molecule has 1 N–H and O–H groups in total. The SMILES string of the molecule is CNc1cc(C(=O)N2CCN(CCN3CCO[C@H](COC)C3)C[C@@H]2C(O[Si](c2ccccc2)c2ccccc2)c2ccc(C)c(C(C)(C)C)c2)cc(C(F)(F)F)c1. The predicted octanol–water partition coefficient (Wildman–Crippen LogP) is 6.39. The van der Waals surface area contributed by atoms with E-state index in [1.165, 1.54) is 11.6 Å². The molecule has 6 rings (SSSR count). The number of halogens is 3. The highest BCUT2D eigenvalue weighted by atomic mass is 28.3. The lowest BCUT2D eigenvalue weighted by Crippen LogP contribution is -2.60. The number of methoxy groups -OCH3 is 1. The zero-order valence-electron chi connectivity index (χ0n) is 33.9. The standard InChI is InChI=1S/C45H56F3N4O4Si/c1-32-17-18-33(27-40(32)44(2,3)4)42(56-57(38-13-9-7-10-14-38)39-15-11-8-12-16-39)41-30-50(19-20-51-23-24-55-37(29-51)31-54-6)21-22-52(41)43(53)34-25-35(45(46,47)48)28-36(26-34)49-5/h7-18,25-28,37,41-42,49H,19-24,29-31H2,1-6H3/t37-,41+,42?/m0/s1. The number of carbonyl (C=O) groups is 1. The molecule has 0 aliphatic carbocycles. The molecule has 0 spiro atoms. The Kier molecular flexibility index (Phi) is 14.0. The van der Waals surface area contributed by atoms with Crippen LogP contribution in [0.25, 0.3) is 0 Å². The molecule has 57 heavy (non-hydrogen) atoms. The lowest BCUT2D eigenvalue weighted by Gasteiger charge is -2.46. The van der Waals surface area contributed by atoms with Crippen molar-refractivity contribution in [2.45, 2.75) is 57.5 Å². The third-order valence-corrected chi connectivity index (χ3v) is 13.1. The van der Waals surface area contributed by atoms with Gasteiger partial charge in [0.2, 0.25) is 0 Å². The number of ether oxygens (including phenoxy) is 2. The van der Waals surface area contributed by atoms with E-state index in [1.807, 2.05) is 36.4 Å². The number of nitrogens with one attached hydrogen (secondary N) is 1. The summed E-state index contributed by atoms with van der Waals surface area (Å²) in [5, 5.41) is 4.94. The molecule has 305 valence electrons. The zero-order chi connectivity index (χ0) is 40.7. The molecular weight excluding hydrogens is 746 g/mol. The molecule has 12 heteroatoms. The molecule has 4 aromatic rings. The van der Waals surface area contributed by atoms with Crippen LogP contribution in [0.5, 0.6) is 0 Å². The van der Waals surface area contributed by atoms with Crippen molar-refractivity contribution in [1.82, 2.24) is 14.7 Å². The largest absolute Gasteiger partial charge is 0.416 e. The van der Waals surface area contributed by atoms with E-state index in [0.29, 0.717) is 32.8 Å². The van der Waals surface area contributed by atoms with Crippen LogP contribution >= 0.6 is 0 Å². The lowest BCUT2D eigenvalue weighted by molar-refractivity contribution is -0.137. The van der Waals surface area contributed by atoms with Gasteiger partial charge in [0.05, 0.1) is 37.0 Å². The third-order valence-electron chi connectivity index (χ3n) is 10.9. The number of nitrogens with zero attached hydrogens (tertiary/aromatic N) is 3. The van der Waals surface area contributed by atoms with E-state index in [9.17, 15) is 18.0 Å². The summed E-state index contributed by atoms with van der Waals surface area (Å²) in [6.45, 7) is 14.3. The second kappa shape index (κ2) is 18.7. The maximum Gasteiger partial charge on any atom is 0.416 e. The van der Waals surface area contributed by atoms with Gasteiger partial charge in [-0.2, -0.15) is 13.2 Å². The van der Waals surface area contributed by atoms with E-state index in [1.54, 1.807) is 19.1 Å². The van der Waals surface area contributed by atoms with Crippen LogP contribution in [-0.2, 0) is 25.5 Å². The Morgan fingerprint density at radius 3 is 2.12 bits per heavy atom. The average Bonchev–Trinajstić information content (AvgIpc) is 3.20. The van der Waals surface area contributed by atoms with E-state index in [2.05, 4.69) is 85.3 Å². The summed E-state index contributed by atoms with van der Waals surface area (Å²) in [5.41, 5.74) is 2.42. The highest BCUT2D eigenvalue weighted by Crippen LogP contribution is 2.36. The van der Waals surface area contributed by atoms with E-state index < -0.39 is 38.8 Å². The lowest BCUT2D eigenvalue weighted by atomic mass is 9.82. The van der Waals surface area contributed by atoms with Gasteiger partial charge in [0, 0.05) is 71.2 Å². The van der Waals surface area contributed by atoms with Gasteiger partial charge < -0.3 is 24.1 Å². The first-order valence-electron chi connectivity index (χ1n) is 19.8. The number of hydrogen-bond donors (Lipinski definition) is 1. The molecule has 0 bridgehead atoms. The van der Waals surface area contributed by atoms with Crippen LogP contribution in [0.1, 0.15) is 59.5 Å². The van der Waals surface area contributed by atoms with Crippen LogP contribution in [0.3, 0.4) is 0 Å². The Labute approximate surface area is 337 Å². The van der Waals surface area contributed by atoms with Crippen molar-refractivity contribution < 1.29 is 31.9 Å². The first-order valence-corrected chi connectivity index (χ1v) is 21.2. The topological polar surface area (TPSA) is 66.5 Å². The summed E-state index contributed by atoms with van der Waals surface area (Å²) in [6, 6.07) is 29.8. The Morgan fingerprint density at radius 1 is 0.877 bits per heavy atom. The Hall–Kier alpha value is -4.04. The van der Waals surface area contributed by atoms with Gasteiger partial charge in [0.25, 0.3) is 14.9 Å². The van der Waals surface area contributed by atoms with Crippen molar-refractivity contribution >= 4 is 31.0 Å². The number of hydrogen-bond acceptors (Lipinski definition) is 7. The molecule has 3 atom stereocenters. The summed E-state index contributed by atoms with van der Waals surface area (Å²) in [7, 11) is 1.33. The van der Waals surface area contributed by atoms with Gasteiger partial charge in [-0.25, -0.2) is 0 Å². The van der Waals surface area contributed by atoms with Gasteiger partial charge in [-0.05, 0) is 57.6 Å². The van der Waals surface area contributed by atoms with Gasteiger partial charge in [-0.1, -0.05) is 99.6 Å². The molecule has 1 radical (unpaired) electrons. The van der Waals surface area contributed by atoms with Crippen molar-refractivity contribution in [3.8, 4) is 0 Å². The van der Waals surface area contributed by atoms with Crippen molar-refractivity contribution in [3.05, 3.63) is 125 Å². The van der Waals surface area contributed by atoms with Crippen LogP contribution in [0.15, 0.2) is 97.1 Å². The van der Waals surface area contributed by atoms with Gasteiger partial charge in [-0.3, -0.25) is 14.6 Å². The molecule has 0 aromatic heterocycles. The number of aryl methyl sites for hydroxylation is 1. The minimum absolute atomic E-state index is 0.00815. The van der Waals surface area contributed by atoms with Crippen LogP contribution < -0.4 is 15.7 Å². The highest BCUT2D eigenvalue weighted by molar-refractivity contribution is 6.80. The highest BCUT2D eigenvalue weighted by Gasteiger charge is 2.41. The molecule has 2 fully saturated rings. The van der Waals surface area contributed by atoms with Gasteiger partial charge in [0.1, 0.15) is 0 Å². The van der Waals surface area contributed by atoms with Gasteiger partial charge >= 0.3 is 6.18 Å². The van der Waals surface area contributed by atoms with Crippen LogP contribution in [0.4, 0.5) is 18.9 Å². The summed E-state index contributed by atoms with van der Waals surface area (Å²) in [4.78, 5) is 21.4. The summed E-state index contributed by atoms with van der Waals surface area (Å²) in [5.74, 6) is -0.456. The number of morpholine rings is 1. The molecule has 4 aromatic carbocycles. The van der Waals surface area contributed by atoms with Crippen molar-refractivity contribution in [1.29, 1.82) is 0 Å². The van der Waals surface area contributed by atoms with Gasteiger partial charge in [0.15, 0.2) is 0 Å². The van der Waals surface area contributed by atoms with Crippen LogP contribution in [0.2, 0.25) is 0 Å². The number of rotatable bonds is 13. The van der Waals surface area contributed by atoms with E-state index in [-0.39, 0.29) is 22.8 Å². The van der Waals surface area contributed by atoms with E-state index >= 15 is 0 Å². The monoisotopic (exact) mass is 801 g/mol. The molecular formula is C45H56F3N4O4Si. The molecule has 2 aliphatic heterocycles.